The van der Waals surface area contributed by atoms with Crippen molar-refractivity contribution in [3.8, 4) is 5.75 Å². The molecule has 1 aromatic carbocycles. The zero-order valence-electron chi connectivity index (χ0n) is 15.6. The van der Waals surface area contributed by atoms with E-state index in [4.69, 9.17) is 4.74 Å². The number of rotatable bonds is 11. The summed E-state index contributed by atoms with van der Waals surface area (Å²) in [5.74, 6) is 0.562. The Labute approximate surface area is 151 Å². The molecule has 1 rings (SSSR count). The molecule has 0 aliphatic rings. The first kappa shape index (κ1) is 21.4. The lowest BCUT2D eigenvalue weighted by Gasteiger charge is -2.12. The number of aryl methyl sites for hydroxylation is 1. The maximum Gasteiger partial charge on any atom is 0.257 e. The fraction of sp³-hybridized carbons (Fsp3) is 0.611. The van der Waals surface area contributed by atoms with E-state index in [0.717, 1.165) is 19.3 Å². The number of unbranched alkanes of at least 4 members (excludes halogenated alkanes) is 2. The first-order valence-corrected chi connectivity index (χ1v) is 10.2. The molecule has 0 saturated heterocycles. The molecule has 7 heteroatoms. The predicted octanol–water partition coefficient (Wildman–Crippen LogP) is 2.61. The normalized spacial score (nSPS) is 11.6. The van der Waals surface area contributed by atoms with E-state index in [1.165, 1.54) is 6.07 Å². The van der Waals surface area contributed by atoms with E-state index in [1.54, 1.807) is 19.1 Å². The number of hydrogen-bond acceptors (Lipinski definition) is 4. The van der Waals surface area contributed by atoms with Crippen molar-refractivity contribution in [3.05, 3.63) is 23.8 Å². The molecule has 0 unspecified atom stereocenters. The van der Waals surface area contributed by atoms with Gasteiger partial charge >= 0.3 is 0 Å². The molecule has 0 radical (unpaired) electrons. The summed E-state index contributed by atoms with van der Waals surface area (Å²) in [5, 5.41) is 2.80. The van der Waals surface area contributed by atoms with E-state index in [0.29, 0.717) is 24.4 Å². The zero-order valence-corrected chi connectivity index (χ0v) is 16.4. The molecule has 1 aromatic rings. The van der Waals surface area contributed by atoms with Crippen molar-refractivity contribution in [1.29, 1.82) is 0 Å². The molecule has 0 aliphatic carbocycles. The number of carbonyl (C=O) groups excluding carboxylic acids is 1. The smallest absolute Gasteiger partial charge is 0.257 e. The Kier molecular flexibility index (Phi) is 8.92. The number of ether oxygens (including phenoxy) is 1. The molecule has 2 N–H and O–H groups in total. The molecule has 0 aliphatic heterocycles. The van der Waals surface area contributed by atoms with Gasteiger partial charge in [-0.2, -0.15) is 0 Å². The van der Waals surface area contributed by atoms with Crippen molar-refractivity contribution in [2.45, 2.75) is 51.9 Å². The average Bonchev–Trinajstić information content (AvgIpc) is 2.56. The van der Waals surface area contributed by atoms with Gasteiger partial charge in [-0.25, -0.2) is 13.1 Å². The van der Waals surface area contributed by atoms with E-state index in [2.05, 4.69) is 17.0 Å². The molecular formula is C18H30N2O4S. The van der Waals surface area contributed by atoms with Crippen LogP contribution >= 0.6 is 0 Å². The van der Waals surface area contributed by atoms with Crippen LogP contribution in [0.2, 0.25) is 0 Å². The quantitative estimate of drug-likeness (QED) is 0.587. The molecule has 0 aromatic heterocycles. The summed E-state index contributed by atoms with van der Waals surface area (Å²) in [6, 6.07) is 4.63. The molecule has 6 nitrogen and oxygen atoms in total. The van der Waals surface area contributed by atoms with Gasteiger partial charge in [0.2, 0.25) is 10.0 Å². The van der Waals surface area contributed by atoms with Crippen molar-refractivity contribution >= 4 is 15.9 Å². The van der Waals surface area contributed by atoms with Crippen LogP contribution in [0.1, 0.15) is 45.6 Å². The highest BCUT2D eigenvalue weighted by atomic mass is 32.2. The first-order chi connectivity index (χ1) is 11.8. The first-order valence-electron chi connectivity index (χ1n) is 8.76. The van der Waals surface area contributed by atoms with Gasteiger partial charge in [0, 0.05) is 13.1 Å². The molecule has 0 saturated carbocycles. The van der Waals surface area contributed by atoms with Gasteiger partial charge in [0.25, 0.3) is 5.91 Å². The fourth-order valence-corrected chi connectivity index (χ4v) is 3.41. The molecule has 0 spiro atoms. The lowest BCUT2D eigenvalue weighted by atomic mass is 10.2. The molecule has 0 atom stereocenters. The van der Waals surface area contributed by atoms with E-state index in [9.17, 15) is 13.2 Å². The Bertz CT molecular complexity index is 657. The Morgan fingerprint density at radius 2 is 1.96 bits per heavy atom. The maximum absolute atomic E-state index is 12.2. The minimum Gasteiger partial charge on any atom is -0.484 e. The molecule has 0 fully saturated rings. The van der Waals surface area contributed by atoms with Crippen molar-refractivity contribution in [1.82, 2.24) is 10.0 Å². The predicted molar refractivity (Wildman–Crippen MR) is 99.2 cm³/mol. The van der Waals surface area contributed by atoms with Gasteiger partial charge in [-0.1, -0.05) is 33.6 Å². The standard InChI is InChI=1S/C18H30N2O4S/c1-5-6-7-10-19-18(21)13-24-17-9-8-16(11-15(17)4)25(22,23)20-12-14(2)3/h8-9,11,14,20H,5-7,10,12-13H2,1-4H3,(H,19,21). The van der Waals surface area contributed by atoms with Crippen LogP contribution in [0.3, 0.4) is 0 Å². The van der Waals surface area contributed by atoms with Crippen molar-refractivity contribution in [2.24, 2.45) is 5.92 Å². The van der Waals surface area contributed by atoms with Gasteiger partial charge in [0.1, 0.15) is 5.75 Å². The molecule has 1 amide bonds. The maximum atomic E-state index is 12.2. The Morgan fingerprint density at radius 3 is 2.56 bits per heavy atom. The van der Waals surface area contributed by atoms with Crippen LogP contribution in [0.5, 0.6) is 5.75 Å². The molecule has 0 bridgehead atoms. The van der Waals surface area contributed by atoms with E-state index >= 15 is 0 Å². The highest BCUT2D eigenvalue weighted by molar-refractivity contribution is 7.89. The van der Waals surface area contributed by atoms with Gasteiger partial charge in [-0.15, -0.1) is 0 Å². The number of hydrogen-bond donors (Lipinski definition) is 2. The number of benzene rings is 1. The fourth-order valence-electron chi connectivity index (χ4n) is 2.11. The molecule has 0 heterocycles. The SMILES string of the molecule is CCCCCNC(=O)COc1ccc(S(=O)(=O)NCC(C)C)cc1C. The van der Waals surface area contributed by atoms with Crippen molar-refractivity contribution in [2.75, 3.05) is 19.7 Å². The molecule has 25 heavy (non-hydrogen) atoms. The van der Waals surface area contributed by atoms with Crippen molar-refractivity contribution < 1.29 is 17.9 Å². The second-order valence-electron chi connectivity index (χ2n) is 6.52. The molecule has 142 valence electrons. The minimum absolute atomic E-state index is 0.0787. The van der Waals surface area contributed by atoms with Gasteiger partial charge < -0.3 is 10.1 Å². The summed E-state index contributed by atoms with van der Waals surface area (Å²) in [4.78, 5) is 11.9. The third kappa shape index (κ3) is 7.88. The minimum atomic E-state index is -3.53. The van der Waals surface area contributed by atoms with E-state index < -0.39 is 10.0 Å². The monoisotopic (exact) mass is 370 g/mol. The summed E-state index contributed by atoms with van der Waals surface area (Å²) in [6.45, 7) is 8.71. The summed E-state index contributed by atoms with van der Waals surface area (Å²) in [7, 11) is -3.53. The van der Waals surface area contributed by atoms with Crippen molar-refractivity contribution in [3.63, 3.8) is 0 Å². The van der Waals surface area contributed by atoms with Crippen LogP contribution in [-0.4, -0.2) is 34.0 Å². The number of sulfonamides is 1. The topological polar surface area (TPSA) is 84.5 Å². The third-order valence-electron chi connectivity index (χ3n) is 3.60. The Balaban J connectivity index is 2.59. The van der Waals surface area contributed by atoms with E-state index in [-0.39, 0.29) is 23.3 Å². The van der Waals surface area contributed by atoms with Crippen LogP contribution in [0.4, 0.5) is 0 Å². The second-order valence-corrected chi connectivity index (χ2v) is 8.29. The number of nitrogens with one attached hydrogen (secondary N) is 2. The van der Waals surface area contributed by atoms with Crippen LogP contribution in [0.15, 0.2) is 23.1 Å². The van der Waals surface area contributed by atoms with Gasteiger partial charge in [-0.05, 0) is 43.0 Å². The second kappa shape index (κ2) is 10.4. The lowest BCUT2D eigenvalue weighted by Crippen LogP contribution is -2.30. The van der Waals surface area contributed by atoms with Crippen LogP contribution in [0.25, 0.3) is 0 Å². The van der Waals surface area contributed by atoms with Crippen LogP contribution in [0, 0.1) is 12.8 Å². The summed E-state index contributed by atoms with van der Waals surface area (Å²) < 4.78 is 32.5. The third-order valence-corrected chi connectivity index (χ3v) is 5.02. The number of carbonyl (C=O) groups is 1. The van der Waals surface area contributed by atoms with E-state index in [1.807, 2.05) is 13.8 Å². The summed E-state index contributed by atoms with van der Waals surface area (Å²) in [5.41, 5.74) is 0.672. The molecular weight excluding hydrogens is 340 g/mol. The largest absolute Gasteiger partial charge is 0.484 e. The lowest BCUT2D eigenvalue weighted by molar-refractivity contribution is -0.123. The highest BCUT2D eigenvalue weighted by Gasteiger charge is 2.16. The average molecular weight is 371 g/mol. The van der Waals surface area contributed by atoms with Gasteiger partial charge in [-0.3, -0.25) is 4.79 Å². The van der Waals surface area contributed by atoms with Crippen LogP contribution < -0.4 is 14.8 Å². The van der Waals surface area contributed by atoms with Crippen LogP contribution in [-0.2, 0) is 14.8 Å². The summed E-state index contributed by atoms with van der Waals surface area (Å²) in [6.07, 6.45) is 3.14. The Morgan fingerprint density at radius 1 is 1.24 bits per heavy atom. The number of amides is 1. The highest BCUT2D eigenvalue weighted by Crippen LogP contribution is 2.21. The summed E-state index contributed by atoms with van der Waals surface area (Å²) >= 11 is 0. The van der Waals surface area contributed by atoms with Gasteiger partial charge in [0.05, 0.1) is 4.90 Å². The Hall–Kier alpha value is -1.60. The zero-order chi connectivity index (χ0) is 18.9. The van der Waals surface area contributed by atoms with Gasteiger partial charge in [0.15, 0.2) is 6.61 Å².